The maximum atomic E-state index is 5.55. The van der Waals surface area contributed by atoms with Crippen molar-refractivity contribution in [3.8, 4) is 17.2 Å². The Bertz CT molecular complexity index is 764. The minimum atomic E-state index is 0.395. The Balaban J connectivity index is 1.87. The van der Waals surface area contributed by atoms with Gasteiger partial charge in [0.2, 0.25) is 0 Å². The van der Waals surface area contributed by atoms with Gasteiger partial charge < -0.3 is 19.5 Å². The smallest absolute Gasteiger partial charge is 0.191 e. The van der Waals surface area contributed by atoms with E-state index in [0.717, 1.165) is 23.4 Å². The van der Waals surface area contributed by atoms with Gasteiger partial charge in [0.25, 0.3) is 0 Å². The summed E-state index contributed by atoms with van der Waals surface area (Å²) in [4.78, 5) is 0. The van der Waals surface area contributed by atoms with Crippen molar-refractivity contribution in [2.75, 3.05) is 25.6 Å². The average molecular weight is 388 g/mol. The third-order valence-corrected chi connectivity index (χ3v) is 3.65. The first-order valence-electron chi connectivity index (χ1n) is 8.80. The van der Waals surface area contributed by atoms with Crippen LogP contribution in [0.25, 0.3) is 0 Å². The van der Waals surface area contributed by atoms with Gasteiger partial charge in [-0.1, -0.05) is 6.92 Å². The zero-order valence-electron chi connectivity index (χ0n) is 15.8. The number of methoxy groups -OCH3 is 1. The van der Waals surface area contributed by atoms with Gasteiger partial charge in [0.1, 0.15) is 5.75 Å². The second-order valence-electron chi connectivity index (χ2n) is 5.54. The van der Waals surface area contributed by atoms with Gasteiger partial charge in [0.05, 0.1) is 26.5 Å². The Morgan fingerprint density at radius 1 is 1.07 bits per heavy atom. The number of benzene rings is 2. The van der Waals surface area contributed by atoms with E-state index in [1.807, 2.05) is 49.4 Å². The number of rotatable bonds is 9. The molecule has 7 heteroatoms. The van der Waals surface area contributed by atoms with E-state index in [2.05, 4.69) is 22.8 Å². The van der Waals surface area contributed by atoms with Gasteiger partial charge in [-0.2, -0.15) is 5.10 Å². The molecule has 0 heterocycles. The highest BCUT2D eigenvalue weighted by Gasteiger charge is 2.04. The molecule has 0 saturated heterocycles. The van der Waals surface area contributed by atoms with Crippen LogP contribution in [0.15, 0.2) is 47.6 Å². The van der Waals surface area contributed by atoms with Gasteiger partial charge in [-0.3, -0.25) is 5.43 Å². The maximum absolute atomic E-state index is 5.55. The molecule has 0 spiro atoms. The van der Waals surface area contributed by atoms with Gasteiger partial charge in [-0.05, 0) is 73.6 Å². The standard InChI is InChI=1S/C20H25N3O3S/c1-4-12-26-17-9-7-16(8-10-17)22-20(27)23-21-14-15-6-11-18(25-5-2)19(13-15)24-3/h6-11,13-14H,4-5,12H2,1-3H3,(H2,22,23,27)/b21-14-. The number of nitrogens with zero attached hydrogens (tertiary/aromatic N) is 1. The summed E-state index contributed by atoms with van der Waals surface area (Å²) in [6.07, 6.45) is 2.64. The molecular weight excluding hydrogens is 362 g/mol. The fourth-order valence-corrected chi connectivity index (χ4v) is 2.39. The van der Waals surface area contributed by atoms with Crippen molar-refractivity contribution in [2.24, 2.45) is 5.10 Å². The molecule has 2 rings (SSSR count). The van der Waals surface area contributed by atoms with E-state index >= 15 is 0 Å². The molecule has 0 aliphatic carbocycles. The van der Waals surface area contributed by atoms with Crippen LogP contribution in [0.3, 0.4) is 0 Å². The highest BCUT2D eigenvalue weighted by molar-refractivity contribution is 7.80. The van der Waals surface area contributed by atoms with Gasteiger partial charge in [-0.25, -0.2) is 0 Å². The van der Waals surface area contributed by atoms with E-state index in [0.29, 0.717) is 29.8 Å². The first-order chi connectivity index (χ1) is 13.2. The molecule has 2 N–H and O–H groups in total. The topological polar surface area (TPSA) is 64.1 Å². The van der Waals surface area contributed by atoms with Gasteiger partial charge in [-0.15, -0.1) is 0 Å². The Morgan fingerprint density at radius 2 is 1.85 bits per heavy atom. The first kappa shape index (κ1) is 20.5. The molecule has 0 aliphatic rings. The molecule has 6 nitrogen and oxygen atoms in total. The normalized spacial score (nSPS) is 10.5. The van der Waals surface area contributed by atoms with Crippen molar-refractivity contribution >= 4 is 29.2 Å². The predicted octanol–water partition coefficient (Wildman–Crippen LogP) is 4.20. The summed E-state index contributed by atoms with van der Waals surface area (Å²) in [6, 6.07) is 13.2. The quantitative estimate of drug-likeness (QED) is 0.382. The summed E-state index contributed by atoms with van der Waals surface area (Å²) in [5, 5.41) is 7.61. The van der Waals surface area contributed by atoms with E-state index in [9.17, 15) is 0 Å². The number of nitrogens with one attached hydrogen (secondary N) is 2. The molecule has 27 heavy (non-hydrogen) atoms. The predicted molar refractivity (Wildman–Crippen MR) is 113 cm³/mol. The molecule has 144 valence electrons. The monoisotopic (exact) mass is 387 g/mol. The minimum Gasteiger partial charge on any atom is -0.494 e. The molecule has 0 bridgehead atoms. The number of hydrazone groups is 1. The van der Waals surface area contributed by atoms with Crippen LogP contribution in [-0.2, 0) is 0 Å². The van der Waals surface area contributed by atoms with E-state index in [4.69, 9.17) is 26.4 Å². The lowest BCUT2D eigenvalue weighted by Gasteiger charge is -2.10. The molecule has 0 saturated carbocycles. The number of anilines is 1. The van der Waals surface area contributed by atoms with Crippen LogP contribution in [0.1, 0.15) is 25.8 Å². The third kappa shape index (κ3) is 6.79. The lowest BCUT2D eigenvalue weighted by Crippen LogP contribution is -2.23. The summed E-state index contributed by atoms with van der Waals surface area (Å²) in [5.74, 6) is 2.20. The number of hydrogen-bond acceptors (Lipinski definition) is 5. The molecular formula is C20H25N3O3S. The van der Waals surface area contributed by atoms with E-state index in [1.54, 1.807) is 13.3 Å². The highest BCUT2D eigenvalue weighted by atomic mass is 32.1. The summed E-state index contributed by atoms with van der Waals surface area (Å²) in [6.45, 7) is 5.29. The Labute approximate surface area is 165 Å². The zero-order valence-corrected chi connectivity index (χ0v) is 16.6. The zero-order chi connectivity index (χ0) is 19.5. The molecule has 2 aromatic carbocycles. The van der Waals surface area contributed by atoms with Crippen LogP contribution in [0.4, 0.5) is 5.69 Å². The largest absolute Gasteiger partial charge is 0.494 e. The molecule has 0 aromatic heterocycles. The molecule has 0 unspecified atom stereocenters. The number of ether oxygens (including phenoxy) is 3. The molecule has 0 aliphatic heterocycles. The van der Waals surface area contributed by atoms with Crippen molar-refractivity contribution in [1.29, 1.82) is 0 Å². The minimum absolute atomic E-state index is 0.395. The fourth-order valence-electron chi connectivity index (χ4n) is 2.22. The van der Waals surface area contributed by atoms with Gasteiger partial charge >= 0.3 is 0 Å². The summed E-state index contributed by atoms with van der Waals surface area (Å²) in [7, 11) is 1.61. The van der Waals surface area contributed by atoms with Crippen molar-refractivity contribution < 1.29 is 14.2 Å². The second kappa shape index (κ2) is 11.0. The summed E-state index contributed by atoms with van der Waals surface area (Å²) >= 11 is 5.25. The molecule has 0 fully saturated rings. The van der Waals surface area contributed by atoms with E-state index in [1.165, 1.54) is 0 Å². The molecule has 2 aromatic rings. The molecule has 0 amide bonds. The number of hydrogen-bond donors (Lipinski definition) is 2. The van der Waals surface area contributed by atoms with Crippen LogP contribution in [0, 0.1) is 0 Å². The Hall–Kier alpha value is -2.80. The number of thiocarbonyl (C=S) groups is 1. The van der Waals surface area contributed by atoms with Crippen LogP contribution in [-0.4, -0.2) is 31.7 Å². The Kier molecular flexibility index (Phi) is 8.38. The van der Waals surface area contributed by atoms with Crippen LogP contribution in [0.5, 0.6) is 17.2 Å². The molecule has 0 atom stereocenters. The highest BCUT2D eigenvalue weighted by Crippen LogP contribution is 2.27. The van der Waals surface area contributed by atoms with Gasteiger partial charge in [0, 0.05) is 5.69 Å². The van der Waals surface area contributed by atoms with Crippen molar-refractivity contribution in [3.63, 3.8) is 0 Å². The summed E-state index contributed by atoms with van der Waals surface area (Å²) < 4.78 is 16.4. The van der Waals surface area contributed by atoms with E-state index in [-0.39, 0.29) is 0 Å². The lowest BCUT2D eigenvalue weighted by atomic mass is 10.2. The van der Waals surface area contributed by atoms with Crippen LogP contribution in [0.2, 0.25) is 0 Å². The maximum Gasteiger partial charge on any atom is 0.191 e. The van der Waals surface area contributed by atoms with Crippen molar-refractivity contribution in [2.45, 2.75) is 20.3 Å². The third-order valence-electron chi connectivity index (χ3n) is 3.45. The second-order valence-corrected chi connectivity index (χ2v) is 5.95. The van der Waals surface area contributed by atoms with E-state index < -0.39 is 0 Å². The van der Waals surface area contributed by atoms with Crippen LogP contribution >= 0.6 is 12.2 Å². The lowest BCUT2D eigenvalue weighted by molar-refractivity contribution is 0.311. The van der Waals surface area contributed by atoms with Crippen molar-refractivity contribution in [1.82, 2.24) is 5.43 Å². The average Bonchev–Trinajstić information content (AvgIpc) is 2.68. The fraction of sp³-hybridized carbons (Fsp3) is 0.300. The molecule has 0 radical (unpaired) electrons. The Morgan fingerprint density at radius 3 is 2.52 bits per heavy atom. The SMILES string of the molecule is CCCOc1ccc(NC(=S)N/N=C\c2ccc(OCC)c(OC)c2)cc1. The van der Waals surface area contributed by atoms with Crippen LogP contribution < -0.4 is 25.0 Å². The first-order valence-corrected chi connectivity index (χ1v) is 9.20. The summed E-state index contributed by atoms with van der Waals surface area (Å²) in [5.41, 5.74) is 4.51. The van der Waals surface area contributed by atoms with Crippen molar-refractivity contribution in [3.05, 3.63) is 48.0 Å². The van der Waals surface area contributed by atoms with Gasteiger partial charge in [0.15, 0.2) is 16.6 Å².